The lowest BCUT2D eigenvalue weighted by Gasteiger charge is -2.29. The number of benzene rings is 1. The lowest BCUT2D eigenvalue weighted by atomic mass is 9.86. The first-order chi connectivity index (χ1) is 9.69. The zero-order valence-electron chi connectivity index (χ0n) is 12.6. The fourth-order valence-corrected chi connectivity index (χ4v) is 3.61. The Labute approximate surface area is 121 Å². The van der Waals surface area contributed by atoms with Crippen LogP contribution in [0, 0.1) is 5.92 Å². The minimum atomic E-state index is 0.619. The van der Waals surface area contributed by atoms with Crippen LogP contribution in [0.25, 0.3) is 11.0 Å². The van der Waals surface area contributed by atoms with Gasteiger partial charge in [-0.2, -0.15) is 0 Å². The van der Waals surface area contributed by atoms with Crippen LogP contribution in [0.15, 0.2) is 18.2 Å². The molecule has 0 spiro atoms. The van der Waals surface area contributed by atoms with Gasteiger partial charge in [-0.3, -0.25) is 0 Å². The zero-order valence-corrected chi connectivity index (χ0v) is 12.6. The number of hydrogen-bond acceptors (Lipinski definition) is 2. The highest BCUT2D eigenvalue weighted by atomic mass is 15.1. The number of nitrogens with two attached hydrogens (primary N) is 1. The van der Waals surface area contributed by atoms with Gasteiger partial charge in [0.2, 0.25) is 0 Å². The third-order valence-corrected chi connectivity index (χ3v) is 4.53. The number of nitrogens with zero attached hydrogens (tertiary/aromatic N) is 2. The van der Waals surface area contributed by atoms with Crippen molar-refractivity contribution in [2.45, 2.75) is 58.4 Å². The van der Waals surface area contributed by atoms with Crippen molar-refractivity contribution in [2.24, 2.45) is 5.92 Å². The Balaban J connectivity index is 2.08. The quantitative estimate of drug-likeness (QED) is 0.845. The number of aryl methyl sites for hydroxylation is 1. The Kier molecular flexibility index (Phi) is 3.68. The molecule has 1 aliphatic carbocycles. The molecule has 2 N–H and O–H groups in total. The molecule has 0 saturated heterocycles. The van der Waals surface area contributed by atoms with Crippen molar-refractivity contribution in [3.63, 3.8) is 0 Å². The Hall–Kier alpha value is -1.51. The molecule has 1 fully saturated rings. The molecule has 1 aromatic carbocycles. The maximum atomic E-state index is 5.91. The minimum Gasteiger partial charge on any atom is -0.399 e. The highest BCUT2D eigenvalue weighted by molar-refractivity contribution is 5.79. The van der Waals surface area contributed by atoms with Gasteiger partial charge in [-0.1, -0.05) is 26.7 Å². The molecule has 1 aliphatic rings. The summed E-state index contributed by atoms with van der Waals surface area (Å²) >= 11 is 0. The maximum Gasteiger partial charge on any atom is 0.110 e. The van der Waals surface area contributed by atoms with E-state index in [1.807, 2.05) is 12.1 Å². The van der Waals surface area contributed by atoms with E-state index in [4.69, 9.17) is 10.7 Å². The van der Waals surface area contributed by atoms with Gasteiger partial charge in [-0.05, 0) is 43.4 Å². The SMILES string of the molecule is CCCc1nc2cc(N)ccc2n1C1CCCC(C)C1. The fraction of sp³-hybridized carbons (Fsp3) is 0.588. The molecule has 108 valence electrons. The summed E-state index contributed by atoms with van der Waals surface area (Å²) in [6.45, 7) is 4.60. The standard InChI is InChI=1S/C17H25N3/c1-3-5-17-19-15-11-13(18)8-9-16(15)20(17)14-7-4-6-12(2)10-14/h8-9,11-12,14H,3-7,10,18H2,1-2H3. The smallest absolute Gasteiger partial charge is 0.110 e. The van der Waals surface area contributed by atoms with Crippen molar-refractivity contribution < 1.29 is 0 Å². The van der Waals surface area contributed by atoms with E-state index >= 15 is 0 Å². The van der Waals surface area contributed by atoms with E-state index < -0.39 is 0 Å². The van der Waals surface area contributed by atoms with Crippen LogP contribution >= 0.6 is 0 Å². The van der Waals surface area contributed by atoms with Crippen molar-refractivity contribution in [2.75, 3.05) is 5.73 Å². The highest BCUT2D eigenvalue weighted by Crippen LogP contribution is 2.35. The van der Waals surface area contributed by atoms with Gasteiger partial charge >= 0.3 is 0 Å². The molecule has 0 amide bonds. The van der Waals surface area contributed by atoms with E-state index in [1.165, 1.54) is 37.0 Å². The number of rotatable bonds is 3. The number of hydrogen-bond donors (Lipinski definition) is 1. The normalized spacial score (nSPS) is 23.3. The van der Waals surface area contributed by atoms with E-state index in [1.54, 1.807) is 0 Å². The largest absolute Gasteiger partial charge is 0.399 e. The van der Waals surface area contributed by atoms with E-state index in [2.05, 4.69) is 24.5 Å². The average Bonchev–Trinajstić information content (AvgIpc) is 2.76. The van der Waals surface area contributed by atoms with Gasteiger partial charge in [-0.25, -0.2) is 4.98 Å². The lowest BCUT2D eigenvalue weighted by molar-refractivity contribution is 0.282. The van der Waals surface area contributed by atoms with Gasteiger partial charge in [0, 0.05) is 18.2 Å². The maximum absolute atomic E-state index is 5.91. The zero-order chi connectivity index (χ0) is 14.1. The summed E-state index contributed by atoms with van der Waals surface area (Å²) < 4.78 is 2.51. The molecule has 1 heterocycles. The van der Waals surface area contributed by atoms with Crippen LogP contribution in [0.4, 0.5) is 5.69 Å². The van der Waals surface area contributed by atoms with Crippen molar-refractivity contribution >= 4 is 16.7 Å². The Bertz CT molecular complexity index is 600. The first-order valence-corrected chi connectivity index (χ1v) is 7.95. The first kappa shape index (κ1) is 13.5. The van der Waals surface area contributed by atoms with Gasteiger partial charge in [-0.15, -0.1) is 0 Å². The molecule has 3 rings (SSSR count). The summed E-state index contributed by atoms with van der Waals surface area (Å²) in [6, 6.07) is 6.78. The third kappa shape index (κ3) is 2.41. The van der Waals surface area contributed by atoms with Crippen LogP contribution < -0.4 is 5.73 Å². The number of fused-ring (bicyclic) bond motifs is 1. The van der Waals surface area contributed by atoms with Crippen molar-refractivity contribution in [1.29, 1.82) is 0 Å². The summed E-state index contributed by atoms with van der Waals surface area (Å²) in [4.78, 5) is 4.85. The van der Waals surface area contributed by atoms with Gasteiger partial charge < -0.3 is 10.3 Å². The summed E-state index contributed by atoms with van der Waals surface area (Å²) in [6.07, 6.45) is 7.48. The van der Waals surface area contributed by atoms with Gasteiger partial charge in [0.25, 0.3) is 0 Å². The van der Waals surface area contributed by atoms with Crippen LogP contribution in [0.3, 0.4) is 0 Å². The predicted molar refractivity (Wildman–Crippen MR) is 84.8 cm³/mol. The average molecular weight is 271 g/mol. The number of nitrogen functional groups attached to an aromatic ring is 1. The lowest BCUT2D eigenvalue weighted by Crippen LogP contribution is -2.19. The van der Waals surface area contributed by atoms with E-state index in [9.17, 15) is 0 Å². The van der Waals surface area contributed by atoms with Crippen LogP contribution in [-0.4, -0.2) is 9.55 Å². The summed E-state index contributed by atoms with van der Waals surface area (Å²) in [5.41, 5.74) is 9.04. The summed E-state index contributed by atoms with van der Waals surface area (Å²) in [7, 11) is 0. The molecule has 1 saturated carbocycles. The summed E-state index contributed by atoms with van der Waals surface area (Å²) in [5.74, 6) is 2.07. The molecule has 0 bridgehead atoms. The summed E-state index contributed by atoms with van der Waals surface area (Å²) in [5, 5.41) is 0. The molecule has 0 aliphatic heterocycles. The monoisotopic (exact) mass is 271 g/mol. The second-order valence-corrected chi connectivity index (χ2v) is 6.32. The molecule has 0 radical (unpaired) electrons. The predicted octanol–water partition coefficient (Wildman–Crippen LogP) is 4.32. The molecule has 2 atom stereocenters. The number of aromatic nitrogens is 2. The molecule has 2 unspecified atom stereocenters. The van der Waals surface area contributed by atoms with Crippen LogP contribution in [-0.2, 0) is 6.42 Å². The van der Waals surface area contributed by atoms with Gasteiger partial charge in [0.1, 0.15) is 5.82 Å². The molecule has 3 nitrogen and oxygen atoms in total. The minimum absolute atomic E-state index is 0.619. The van der Waals surface area contributed by atoms with E-state index in [-0.39, 0.29) is 0 Å². The van der Waals surface area contributed by atoms with Gasteiger partial charge in [0.15, 0.2) is 0 Å². The number of imidazole rings is 1. The molecule has 2 aromatic rings. The second kappa shape index (κ2) is 5.47. The molecular weight excluding hydrogens is 246 g/mol. The Morgan fingerprint density at radius 3 is 2.95 bits per heavy atom. The molecule has 3 heteroatoms. The van der Waals surface area contributed by atoms with Crippen molar-refractivity contribution in [3.05, 3.63) is 24.0 Å². The third-order valence-electron chi connectivity index (χ3n) is 4.53. The molecule has 1 aromatic heterocycles. The van der Waals surface area contributed by atoms with Gasteiger partial charge in [0.05, 0.1) is 11.0 Å². The second-order valence-electron chi connectivity index (χ2n) is 6.32. The Morgan fingerprint density at radius 2 is 2.20 bits per heavy atom. The van der Waals surface area contributed by atoms with Crippen LogP contribution in [0.1, 0.15) is 57.8 Å². The van der Waals surface area contributed by atoms with E-state index in [0.717, 1.165) is 30.0 Å². The first-order valence-electron chi connectivity index (χ1n) is 7.95. The van der Waals surface area contributed by atoms with E-state index in [0.29, 0.717) is 6.04 Å². The van der Waals surface area contributed by atoms with Crippen LogP contribution in [0.2, 0.25) is 0 Å². The Morgan fingerprint density at radius 1 is 1.35 bits per heavy atom. The fourth-order valence-electron chi connectivity index (χ4n) is 3.61. The highest BCUT2D eigenvalue weighted by Gasteiger charge is 2.24. The molecule has 20 heavy (non-hydrogen) atoms. The van der Waals surface area contributed by atoms with Crippen molar-refractivity contribution in [1.82, 2.24) is 9.55 Å². The van der Waals surface area contributed by atoms with Crippen LogP contribution in [0.5, 0.6) is 0 Å². The molecular formula is C17H25N3. The topological polar surface area (TPSA) is 43.8 Å². The van der Waals surface area contributed by atoms with Crippen molar-refractivity contribution in [3.8, 4) is 0 Å². The number of anilines is 1.